The van der Waals surface area contributed by atoms with E-state index >= 15 is 0 Å². The van der Waals surface area contributed by atoms with Gasteiger partial charge < -0.3 is 10.4 Å². The quantitative estimate of drug-likeness (QED) is 0.913. The van der Waals surface area contributed by atoms with Crippen molar-refractivity contribution < 1.29 is 9.90 Å². The number of carbonyl (C=O) groups excluding carboxylic acids is 1. The Morgan fingerprint density at radius 3 is 2.73 bits per heavy atom. The van der Waals surface area contributed by atoms with Crippen LogP contribution in [-0.4, -0.2) is 25.8 Å². The molecule has 22 heavy (non-hydrogen) atoms. The molecule has 1 amide bonds. The molecule has 0 radical (unpaired) electrons. The van der Waals surface area contributed by atoms with E-state index in [1.165, 1.54) is 12.3 Å². The van der Waals surface area contributed by atoms with Gasteiger partial charge in [0.1, 0.15) is 0 Å². The fraction of sp³-hybridized carbons (Fsp3) is 0.438. The number of hydrogen-bond donors (Lipinski definition) is 2. The number of hydrogen-bond acceptors (Lipinski definition) is 4. The van der Waals surface area contributed by atoms with E-state index in [1.807, 2.05) is 10.7 Å². The summed E-state index contributed by atoms with van der Waals surface area (Å²) in [5.74, 6) is 0.217. The molecule has 6 nitrogen and oxygen atoms in total. The lowest BCUT2D eigenvalue weighted by molar-refractivity contribution is 0.102. The van der Waals surface area contributed by atoms with Crippen LogP contribution in [-0.2, 0) is 5.54 Å². The van der Waals surface area contributed by atoms with Gasteiger partial charge in [-0.05, 0) is 51.8 Å². The standard InChI is InChI=1S/C16H20N4O2/c1-16(2,3)20-12(10-6-7-10)9-11(19-20)15(22)18-14-13(21)5-4-8-17-14/h4-5,8-10,21H,6-7H2,1-3H3,(H,17,18,22). The zero-order valence-corrected chi connectivity index (χ0v) is 13.0. The molecule has 1 fully saturated rings. The van der Waals surface area contributed by atoms with E-state index in [2.05, 4.69) is 36.2 Å². The van der Waals surface area contributed by atoms with Crippen LogP contribution in [0.1, 0.15) is 55.7 Å². The van der Waals surface area contributed by atoms with Gasteiger partial charge in [-0.15, -0.1) is 0 Å². The number of aromatic nitrogens is 3. The molecule has 0 saturated heterocycles. The normalized spacial score (nSPS) is 14.9. The Morgan fingerprint density at radius 1 is 1.41 bits per heavy atom. The summed E-state index contributed by atoms with van der Waals surface area (Å²) in [5, 5.41) is 16.8. The van der Waals surface area contributed by atoms with Crippen LogP contribution in [0.2, 0.25) is 0 Å². The first-order chi connectivity index (χ1) is 10.4. The van der Waals surface area contributed by atoms with Gasteiger partial charge in [0.15, 0.2) is 17.3 Å². The van der Waals surface area contributed by atoms with Gasteiger partial charge in [0.25, 0.3) is 5.91 Å². The van der Waals surface area contributed by atoms with Crippen molar-refractivity contribution in [2.45, 2.75) is 45.1 Å². The number of nitrogens with zero attached hydrogens (tertiary/aromatic N) is 3. The van der Waals surface area contributed by atoms with E-state index in [1.54, 1.807) is 6.07 Å². The van der Waals surface area contributed by atoms with Gasteiger partial charge in [0.05, 0.1) is 5.54 Å². The second-order valence-electron chi connectivity index (χ2n) is 6.64. The Labute approximate surface area is 129 Å². The number of anilines is 1. The Kier molecular flexibility index (Phi) is 3.39. The maximum Gasteiger partial charge on any atom is 0.277 e. The van der Waals surface area contributed by atoms with Crippen molar-refractivity contribution in [1.82, 2.24) is 14.8 Å². The average Bonchev–Trinajstić information content (AvgIpc) is 3.18. The first kappa shape index (κ1) is 14.6. The van der Waals surface area contributed by atoms with E-state index in [-0.39, 0.29) is 23.0 Å². The molecular formula is C16H20N4O2. The van der Waals surface area contributed by atoms with Gasteiger partial charge in [-0.2, -0.15) is 5.10 Å². The summed E-state index contributed by atoms with van der Waals surface area (Å²) >= 11 is 0. The number of amides is 1. The van der Waals surface area contributed by atoms with Gasteiger partial charge >= 0.3 is 0 Å². The van der Waals surface area contributed by atoms with Gasteiger partial charge in [0, 0.05) is 17.8 Å². The monoisotopic (exact) mass is 300 g/mol. The smallest absolute Gasteiger partial charge is 0.277 e. The highest BCUT2D eigenvalue weighted by Gasteiger charge is 2.32. The van der Waals surface area contributed by atoms with Crippen LogP contribution in [0.15, 0.2) is 24.4 Å². The van der Waals surface area contributed by atoms with Crippen LogP contribution in [0.5, 0.6) is 5.75 Å². The molecule has 2 N–H and O–H groups in total. The number of rotatable bonds is 3. The summed E-state index contributed by atoms with van der Waals surface area (Å²) in [6, 6.07) is 4.93. The molecule has 1 aliphatic carbocycles. The van der Waals surface area contributed by atoms with Crippen LogP contribution in [0.3, 0.4) is 0 Å². The molecule has 0 atom stereocenters. The summed E-state index contributed by atoms with van der Waals surface area (Å²) in [6.07, 6.45) is 3.80. The average molecular weight is 300 g/mol. The number of aromatic hydroxyl groups is 1. The molecule has 0 spiro atoms. The number of nitrogens with one attached hydrogen (secondary N) is 1. The molecular weight excluding hydrogens is 280 g/mol. The van der Waals surface area contributed by atoms with Crippen molar-refractivity contribution in [2.24, 2.45) is 0 Å². The molecule has 6 heteroatoms. The molecule has 2 aromatic rings. The van der Waals surface area contributed by atoms with Crippen LogP contribution in [0, 0.1) is 0 Å². The summed E-state index contributed by atoms with van der Waals surface area (Å²) < 4.78 is 1.93. The SMILES string of the molecule is CC(C)(C)n1nc(C(=O)Nc2ncccc2O)cc1C1CC1. The maximum absolute atomic E-state index is 12.4. The van der Waals surface area contributed by atoms with Crippen LogP contribution >= 0.6 is 0 Å². The molecule has 0 aromatic carbocycles. The fourth-order valence-corrected chi connectivity index (χ4v) is 2.38. The zero-order valence-electron chi connectivity index (χ0n) is 13.0. The Balaban J connectivity index is 1.88. The third kappa shape index (κ3) is 2.81. The largest absolute Gasteiger partial charge is 0.504 e. The van der Waals surface area contributed by atoms with Crippen molar-refractivity contribution >= 4 is 11.7 Å². The number of carbonyl (C=O) groups is 1. The third-order valence-electron chi connectivity index (χ3n) is 3.62. The number of pyridine rings is 1. The molecule has 3 rings (SSSR count). The molecule has 1 aliphatic rings. The Morgan fingerprint density at radius 2 is 2.14 bits per heavy atom. The second kappa shape index (κ2) is 5.12. The van der Waals surface area contributed by atoms with Gasteiger partial charge in [-0.3, -0.25) is 9.48 Å². The zero-order chi connectivity index (χ0) is 15.9. The van der Waals surface area contributed by atoms with E-state index in [0.717, 1.165) is 18.5 Å². The van der Waals surface area contributed by atoms with Gasteiger partial charge in [-0.25, -0.2) is 4.98 Å². The lowest BCUT2D eigenvalue weighted by Gasteiger charge is -2.22. The minimum atomic E-state index is -0.362. The predicted octanol–water partition coefficient (Wildman–Crippen LogP) is 2.87. The van der Waals surface area contributed by atoms with Crippen molar-refractivity contribution in [3.8, 4) is 5.75 Å². The predicted molar refractivity (Wildman–Crippen MR) is 83.1 cm³/mol. The van der Waals surface area contributed by atoms with E-state index in [9.17, 15) is 9.90 Å². The van der Waals surface area contributed by atoms with Gasteiger partial charge in [0.2, 0.25) is 0 Å². The first-order valence-corrected chi connectivity index (χ1v) is 7.42. The van der Waals surface area contributed by atoms with E-state index in [0.29, 0.717) is 11.6 Å². The maximum atomic E-state index is 12.4. The van der Waals surface area contributed by atoms with E-state index in [4.69, 9.17) is 0 Å². The summed E-state index contributed by atoms with van der Waals surface area (Å²) in [4.78, 5) is 16.3. The minimum absolute atomic E-state index is 0.0616. The highest BCUT2D eigenvalue weighted by Crippen LogP contribution is 2.41. The first-order valence-electron chi connectivity index (χ1n) is 7.42. The molecule has 0 unspecified atom stereocenters. The highest BCUT2D eigenvalue weighted by molar-refractivity contribution is 6.03. The Bertz CT molecular complexity index is 711. The van der Waals surface area contributed by atoms with Crippen molar-refractivity contribution in [3.63, 3.8) is 0 Å². The summed E-state index contributed by atoms with van der Waals surface area (Å²) in [7, 11) is 0. The second-order valence-corrected chi connectivity index (χ2v) is 6.64. The molecule has 2 aromatic heterocycles. The third-order valence-corrected chi connectivity index (χ3v) is 3.62. The van der Waals surface area contributed by atoms with E-state index < -0.39 is 0 Å². The topological polar surface area (TPSA) is 80.0 Å². The molecule has 0 aliphatic heterocycles. The lowest BCUT2D eigenvalue weighted by Crippen LogP contribution is -2.25. The molecule has 116 valence electrons. The highest BCUT2D eigenvalue weighted by atomic mass is 16.3. The minimum Gasteiger partial charge on any atom is -0.504 e. The van der Waals surface area contributed by atoms with Crippen molar-refractivity contribution in [3.05, 3.63) is 35.8 Å². The molecule has 1 saturated carbocycles. The van der Waals surface area contributed by atoms with Crippen molar-refractivity contribution in [1.29, 1.82) is 0 Å². The van der Waals surface area contributed by atoms with Crippen LogP contribution in [0.4, 0.5) is 5.82 Å². The molecule has 0 bridgehead atoms. The fourth-order valence-electron chi connectivity index (χ4n) is 2.38. The van der Waals surface area contributed by atoms with Crippen LogP contribution in [0.25, 0.3) is 0 Å². The Hall–Kier alpha value is -2.37. The summed E-state index contributed by atoms with van der Waals surface area (Å²) in [6.45, 7) is 6.20. The summed E-state index contributed by atoms with van der Waals surface area (Å²) in [5.41, 5.74) is 1.27. The van der Waals surface area contributed by atoms with Crippen LogP contribution < -0.4 is 5.32 Å². The van der Waals surface area contributed by atoms with Gasteiger partial charge in [-0.1, -0.05) is 0 Å². The van der Waals surface area contributed by atoms with Crippen molar-refractivity contribution in [2.75, 3.05) is 5.32 Å². The lowest BCUT2D eigenvalue weighted by atomic mass is 10.1. The molecule has 2 heterocycles.